The molecule has 0 aliphatic carbocycles. The Morgan fingerprint density at radius 2 is 2.00 bits per heavy atom. The maximum atomic E-state index is 11.3. The summed E-state index contributed by atoms with van der Waals surface area (Å²) in [5.41, 5.74) is 2.16. The second kappa shape index (κ2) is 6.09. The molecule has 0 saturated carbocycles. The summed E-state index contributed by atoms with van der Waals surface area (Å²) >= 11 is 0. The second-order valence-corrected chi connectivity index (χ2v) is 3.73. The lowest BCUT2D eigenvalue weighted by Gasteiger charge is -2.12. The maximum Gasteiger partial charge on any atom is 0.147 e. The van der Waals surface area contributed by atoms with E-state index in [4.69, 9.17) is 0 Å². The highest BCUT2D eigenvalue weighted by atomic mass is 16.1. The van der Waals surface area contributed by atoms with E-state index in [0.717, 1.165) is 17.5 Å². The van der Waals surface area contributed by atoms with E-state index in [1.54, 1.807) is 6.92 Å². The molecule has 1 atom stereocenters. The average Bonchev–Trinajstić information content (AvgIpc) is 2.28. The molecule has 16 heavy (non-hydrogen) atoms. The van der Waals surface area contributed by atoms with Crippen molar-refractivity contribution in [3.05, 3.63) is 35.4 Å². The van der Waals surface area contributed by atoms with Crippen molar-refractivity contribution in [2.75, 3.05) is 7.05 Å². The van der Waals surface area contributed by atoms with E-state index in [2.05, 4.69) is 17.2 Å². The summed E-state index contributed by atoms with van der Waals surface area (Å²) in [6.45, 7) is 3.43. The number of Topliss-reactive ketones (excluding diaryl/α,β-unsaturated/α-hetero) is 1. The van der Waals surface area contributed by atoms with Gasteiger partial charge < -0.3 is 5.32 Å². The first-order chi connectivity index (χ1) is 7.67. The number of nitrogens with one attached hydrogen (secondary N) is 1. The van der Waals surface area contributed by atoms with Gasteiger partial charge in [-0.2, -0.15) is 0 Å². The van der Waals surface area contributed by atoms with Crippen LogP contribution >= 0.6 is 0 Å². The summed E-state index contributed by atoms with van der Waals surface area (Å²) in [4.78, 5) is 11.3. The van der Waals surface area contributed by atoms with Crippen molar-refractivity contribution in [2.24, 2.45) is 0 Å². The molecule has 0 radical (unpaired) electrons. The summed E-state index contributed by atoms with van der Waals surface area (Å²) in [6, 6.07) is 7.92. The van der Waals surface area contributed by atoms with Crippen molar-refractivity contribution in [2.45, 2.75) is 26.3 Å². The van der Waals surface area contributed by atoms with Crippen LogP contribution in [0.15, 0.2) is 24.3 Å². The minimum atomic E-state index is -0.0943. The van der Waals surface area contributed by atoms with Crippen molar-refractivity contribution < 1.29 is 4.79 Å². The zero-order valence-corrected chi connectivity index (χ0v) is 10.0. The Bertz CT molecular complexity index is 409. The molecule has 2 nitrogen and oxygen atoms in total. The van der Waals surface area contributed by atoms with Gasteiger partial charge in [0.2, 0.25) is 0 Å². The summed E-state index contributed by atoms with van der Waals surface area (Å²) in [5.74, 6) is 6.02. The number of hydrogen-bond donors (Lipinski definition) is 1. The molecule has 0 saturated heterocycles. The first kappa shape index (κ1) is 12.5. The van der Waals surface area contributed by atoms with Crippen LogP contribution in [0.2, 0.25) is 0 Å². The maximum absolute atomic E-state index is 11.3. The quantitative estimate of drug-likeness (QED) is 0.776. The summed E-state index contributed by atoms with van der Waals surface area (Å²) in [6.07, 6.45) is 0.728. The van der Waals surface area contributed by atoms with Crippen LogP contribution < -0.4 is 5.32 Å². The minimum Gasteiger partial charge on any atom is -0.310 e. The van der Waals surface area contributed by atoms with Gasteiger partial charge in [-0.05, 0) is 45.0 Å². The summed E-state index contributed by atoms with van der Waals surface area (Å²) in [7, 11) is 1.81. The van der Waals surface area contributed by atoms with E-state index in [1.807, 2.05) is 38.2 Å². The lowest BCUT2D eigenvalue weighted by Crippen LogP contribution is -2.34. The largest absolute Gasteiger partial charge is 0.310 e. The molecule has 0 aromatic heterocycles. The molecule has 0 aliphatic heterocycles. The van der Waals surface area contributed by atoms with Crippen LogP contribution in [0.1, 0.15) is 25.0 Å². The molecule has 0 heterocycles. The third kappa shape index (κ3) is 3.52. The van der Waals surface area contributed by atoms with E-state index >= 15 is 0 Å². The molecule has 1 rings (SSSR count). The molecule has 0 amide bonds. The highest BCUT2D eigenvalue weighted by Crippen LogP contribution is 2.06. The number of likely N-dealkylation sites (N-methyl/N-ethyl adjacent to an activating group) is 1. The van der Waals surface area contributed by atoms with Gasteiger partial charge >= 0.3 is 0 Å². The van der Waals surface area contributed by atoms with Crippen LogP contribution in [-0.2, 0) is 11.2 Å². The minimum absolute atomic E-state index is 0.0943. The van der Waals surface area contributed by atoms with Crippen LogP contribution in [0.4, 0.5) is 0 Å². The van der Waals surface area contributed by atoms with Crippen molar-refractivity contribution in [1.82, 2.24) is 5.32 Å². The van der Waals surface area contributed by atoms with Crippen LogP contribution in [0.25, 0.3) is 0 Å². The average molecular weight is 215 g/mol. The van der Waals surface area contributed by atoms with Crippen molar-refractivity contribution in [3.63, 3.8) is 0 Å². The molecule has 1 aromatic rings. The van der Waals surface area contributed by atoms with Crippen LogP contribution in [0.3, 0.4) is 0 Å². The van der Waals surface area contributed by atoms with E-state index in [-0.39, 0.29) is 11.8 Å². The first-order valence-corrected chi connectivity index (χ1v) is 5.36. The number of ketones is 1. The lowest BCUT2D eigenvalue weighted by atomic mass is 10.0. The normalized spacial score (nSPS) is 11.4. The molecular formula is C14H17NO. The van der Waals surface area contributed by atoms with E-state index < -0.39 is 0 Å². The Morgan fingerprint density at radius 3 is 2.44 bits per heavy atom. The smallest absolute Gasteiger partial charge is 0.147 e. The molecule has 1 N–H and O–H groups in total. The van der Waals surface area contributed by atoms with Gasteiger partial charge in [0.1, 0.15) is 5.78 Å². The van der Waals surface area contributed by atoms with Crippen molar-refractivity contribution >= 4 is 5.78 Å². The van der Waals surface area contributed by atoms with Gasteiger partial charge in [-0.15, -0.1) is 5.92 Å². The number of carbonyl (C=O) groups is 1. The van der Waals surface area contributed by atoms with Crippen LogP contribution in [0, 0.1) is 11.8 Å². The predicted molar refractivity (Wildman–Crippen MR) is 66.2 cm³/mol. The Balaban J connectivity index is 2.73. The lowest BCUT2D eigenvalue weighted by molar-refractivity contribution is -0.118. The van der Waals surface area contributed by atoms with Crippen LogP contribution in [0.5, 0.6) is 0 Å². The highest BCUT2D eigenvalue weighted by molar-refractivity contribution is 5.81. The summed E-state index contributed by atoms with van der Waals surface area (Å²) < 4.78 is 0. The van der Waals surface area contributed by atoms with Gasteiger partial charge in [0.25, 0.3) is 0 Å². The molecule has 1 aromatic carbocycles. The Hall–Kier alpha value is -1.59. The number of rotatable bonds is 4. The Morgan fingerprint density at radius 1 is 1.38 bits per heavy atom. The van der Waals surface area contributed by atoms with Crippen molar-refractivity contribution in [1.29, 1.82) is 0 Å². The first-order valence-electron chi connectivity index (χ1n) is 5.36. The third-order valence-corrected chi connectivity index (χ3v) is 2.50. The zero-order chi connectivity index (χ0) is 12.0. The molecule has 0 bridgehead atoms. The number of benzene rings is 1. The molecule has 0 unspecified atom stereocenters. The molecule has 0 fully saturated rings. The van der Waals surface area contributed by atoms with Gasteiger partial charge in [0, 0.05) is 5.56 Å². The Labute approximate surface area is 97.1 Å². The van der Waals surface area contributed by atoms with E-state index in [9.17, 15) is 4.79 Å². The van der Waals surface area contributed by atoms with E-state index in [0.29, 0.717) is 0 Å². The van der Waals surface area contributed by atoms with Crippen molar-refractivity contribution in [3.8, 4) is 11.8 Å². The monoisotopic (exact) mass is 215 g/mol. The van der Waals surface area contributed by atoms with Gasteiger partial charge in [-0.3, -0.25) is 4.79 Å². The molecule has 0 aliphatic rings. The van der Waals surface area contributed by atoms with Gasteiger partial charge in [-0.25, -0.2) is 0 Å². The van der Waals surface area contributed by atoms with E-state index in [1.165, 1.54) is 0 Å². The summed E-state index contributed by atoms with van der Waals surface area (Å²) in [5, 5.41) is 3.01. The standard InChI is InChI=1S/C14H17NO/c1-4-5-12-6-8-13(9-7-12)10-14(15-3)11(2)16/h6-9,14-15H,10H2,1-3H3/t14-/m0/s1. The fraction of sp³-hybridized carbons (Fsp3) is 0.357. The van der Waals surface area contributed by atoms with Crippen LogP contribution in [-0.4, -0.2) is 18.9 Å². The highest BCUT2D eigenvalue weighted by Gasteiger charge is 2.11. The Kier molecular flexibility index (Phi) is 4.75. The molecule has 2 heteroatoms. The SMILES string of the molecule is CC#Cc1ccc(C[C@H](NC)C(C)=O)cc1. The zero-order valence-electron chi connectivity index (χ0n) is 10.0. The number of hydrogen-bond acceptors (Lipinski definition) is 2. The fourth-order valence-electron chi connectivity index (χ4n) is 1.55. The fourth-order valence-corrected chi connectivity index (χ4v) is 1.55. The third-order valence-electron chi connectivity index (χ3n) is 2.50. The second-order valence-electron chi connectivity index (χ2n) is 3.73. The predicted octanol–water partition coefficient (Wildman–Crippen LogP) is 1.78. The molecular weight excluding hydrogens is 198 g/mol. The van der Waals surface area contributed by atoms with Gasteiger partial charge in [0.05, 0.1) is 6.04 Å². The topological polar surface area (TPSA) is 29.1 Å². The molecule has 84 valence electrons. The van der Waals surface area contributed by atoms with Gasteiger partial charge in [0.15, 0.2) is 0 Å². The van der Waals surface area contributed by atoms with Gasteiger partial charge in [-0.1, -0.05) is 18.1 Å². The molecule has 0 spiro atoms. The number of carbonyl (C=O) groups excluding carboxylic acids is 1.